The quantitative estimate of drug-likeness (QED) is 0.273. The Morgan fingerprint density at radius 1 is 1.17 bits per heavy atom. The number of aryl methyl sites for hydroxylation is 1. The highest BCUT2D eigenvalue weighted by molar-refractivity contribution is 14.0. The number of hydrogen-bond acceptors (Lipinski definition) is 3. The Hall–Kier alpha value is -2.62. The molecule has 29 heavy (non-hydrogen) atoms. The summed E-state index contributed by atoms with van der Waals surface area (Å²) in [5.41, 5.74) is 4.81. The van der Waals surface area contributed by atoms with Gasteiger partial charge in [-0.05, 0) is 43.2 Å². The number of imidazole rings is 1. The lowest BCUT2D eigenvalue weighted by atomic mass is 10.1. The summed E-state index contributed by atoms with van der Waals surface area (Å²) in [6.45, 7) is 3.36. The molecule has 2 heterocycles. The van der Waals surface area contributed by atoms with Gasteiger partial charge in [-0.3, -0.25) is 9.79 Å². The van der Waals surface area contributed by atoms with Gasteiger partial charge in [0, 0.05) is 38.1 Å². The number of guanidine groups is 1. The Morgan fingerprint density at radius 2 is 1.97 bits per heavy atom. The molecule has 0 saturated heterocycles. The first-order valence-corrected chi connectivity index (χ1v) is 9.30. The van der Waals surface area contributed by atoms with E-state index < -0.39 is 0 Å². The van der Waals surface area contributed by atoms with Crippen molar-refractivity contribution in [1.82, 2.24) is 25.3 Å². The van der Waals surface area contributed by atoms with Gasteiger partial charge in [0.15, 0.2) is 5.96 Å². The molecule has 2 aromatic heterocycles. The van der Waals surface area contributed by atoms with E-state index in [-0.39, 0.29) is 29.9 Å². The van der Waals surface area contributed by atoms with Crippen LogP contribution in [0, 0.1) is 6.92 Å². The molecule has 3 rings (SSSR count). The minimum atomic E-state index is -0.0741. The summed E-state index contributed by atoms with van der Waals surface area (Å²) >= 11 is 0. The van der Waals surface area contributed by atoms with Crippen molar-refractivity contribution in [3.8, 4) is 0 Å². The maximum absolute atomic E-state index is 11.7. The van der Waals surface area contributed by atoms with Crippen LogP contribution in [-0.2, 0) is 13.0 Å². The fourth-order valence-corrected chi connectivity index (χ4v) is 3.02. The van der Waals surface area contributed by atoms with Crippen LogP contribution in [0.1, 0.15) is 27.3 Å². The van der Waals surface area contributed by atoms with E-state index in [1.165, 1.54) is 0 Å². The number of hydrogen-bond donors (Lipinski definition) is 3. The van der Waals surface area contributed by atoms with Crippen molar-refractivity contribution in [2.75, 3.05) is 20.6 Å². The number of pyridine rings is 1. The summed E-state index contributed by atoms with van der Waals surface area (Å²) in [7, 11) is 3.38. The van der Waals surface area contributed by atoms with E-state index in [4.69, 9.17) is 0 Å². The molecule has 1 aromatic carbocycles. The third-order valence-electron chi connectivity index (χ3n) is 4.53. The molecule has 8 heteroatoms. The lowest BCUT2D eigenvalue weighted by Gasteiger charge is -2.11. The molecule has 0 radical (unpaired) electrons. The van der Waals surface area contributed by atoms with Crippen LogP contribution in [0.25, 0.3) is 5.65 Å². The maximum Gasteiger partial charge on any atom is 0.251 e. The first kappa shape index (κ1) is 22.7. The predicted octanol–water partition coefficient (Wildman–Crippen LogP) is 2.53. The number of nitrogens with one attached hydrogen (secondary N) is 3. The highest BCUT2D eigenvalue weighted by Crippen LogP contribution is 2.08. The van der Waals surface area contributed by atoms with E-state index in [1.807, 2.05) is 42.6 Å². The molecule has 3 N–H and O–H groups in total. The van der Waals surface area contributed by atoms with Crippen LogP contribution in [-0.4, -0.2) is 41.9 Å². The minimum Gasteiger partial charge on any atom is -0.356 e. The number of fused-ring (bicyclic) bond motifs is 1. The molecule has 0 aliphatic carbocycles. The lowest BCUT2D eigenvalue weighted by molar-refractivity contribution is 0.0963. The van der Waals surface area contributed by atoms with E-state index in [0.717, 1.165) is 35.0 Å². The molecule has 0 bridgehead atoms. The smallest absolute Gasteiger partial charge is 0.251 e. The third kappa shape index (κ3) is 5.93. The molecule has 3 aromatic rings. The summed E-state index contributed by atoms with van der Waals surface area (Å²) in [6.07, 6.45) is 2.83. The van der Waals surface area contributed by atoms with E-state index in [1.54, 1.807) is 14.1 Å². The van der Waals surface area contributed by atoms with Crippen LogP contribution >= 0.6 is 24.0 Å². The number of benzene rings is 1. The van der Waals surface area contributed by atoms with E-state index in [2.05, 4.69) is 43.3 Å². The molecule has 0 aliphatic heterocycles. The van der Waals surface area contributed by atoms with Crippen LogP contribution in [0.2, 0.25) is 0 Å². The van der Waals surface area contributed by atoms with Gasteiger partial charge >= 0.3 is 0 Å². The summed E-state index contributed by atoms with van der Waals surface area (Å²) in [6, 6.07) is 13.7. The number of rotatable bonds is 6. The topological polar surface area (TPSA) is 82.8 Å². The number of carbonyl (C=O) groups is 1. The largest absolute Gasteiger partial charge is 0.356 e. The summed E-state index contributed by atoms with van der Waals surface area (Å²) in [5.74, 6) is 0.645. The number of halogens is 1. The number of nitrogens with zero attached hydrogens (tertiary/aromatic N) is 3. The minimum absolute atomic E-state index is 0. The van der Waals surface area contributed by atoms with Crippen LogP contribution in [0.4, 0.5) is 0 Å². The van der Waals surface area contributed by atoms with Crippen LogP contribution in [0.5, 0.6) is 0 Å². The average molecular weight is 506 g/mol. The second-order valence-corrected chi connectivity index (χ2v) is 6.51. The SMILES string of the molecule is CN=C(NCCc1cccc(C(=O)NC)c1)NCc1cn2c(C)cccc2n1.I. The van der Waals surface area contributed by atoms with Gasteiger partial charge in [-0.2, -0.15) is 0 Å². The summed E-state index contributed by atoms with van der Waals surface area (Å²) in [4.78, 5) is 20.6. The molecular formula is C21H27IN6O. The zero-order valence-electron chi connectivity index (χ0n) is 16.9. The first-order chi connectivity index (χ1) is 13.6. The van der Waals surface area contributed by atoms with Crippen LogP contribution in [0.3, 0.4) is 0 Å². The standard InChI is InChI=1S/C21H26N6O.HI/c1-15-6-4-9-19-26-18(14-27(15)19)13-25-21(23-3)24-11-10-16-7-5-8-17(12-16)20(28)22-2;/h4-9,12,14H,10-11,13H2,1-3H3,(H,22,28)(H2,23,24,25);1H. The Morgan fingerprint density at radius 3 is 2.69 bits per heavy atom. The average Bonchev–Trinajstić information content (AvgIpc) is 3.14. The second kappa shape index (κ2) is 10.8. The molecule has 0 atom stereocenters. The Balaban J connectivity index is 0.00000300. The van der Waals surface area contributed by atoms with Crippen molar-refractivity contribution in [2.45, 2.75) is 19.9 Å². The summed E-state index contributed by atoms with van der Waals surface area (Å²) in [5, 5.41) is 9.24. The van der Waals surface area contributed by atoms with Gasteiger partial charge < -0.3 is 20.4 Å². The Kier molecular flexibility index (Phi) is 8.44. The van der Waals surface area contributed by atoms with Crippen LogP contribution in [0.15, 0.2) is 53.7 Å². The van der Waals surface area contributed by atoms with Crippen molar-refractivity contribution in [3.63, 3.8) is 0 Å². The highest BCUT2D eigenvalue weighted by Gasteiger charge is 2.06. The van der Waals surface area contributed by atoms with Crippen molar-refractivity contribution < 1.29 is 4.79 Å². The molecule has 0 fully saturated rings. The van der Waals surface area contributed by atoms with Crippen molar-refractivity contribution in [3.05, 3.63) is 71.2 Å². The van der Waals surface area contributed by atoms with Gasteiger partial charge in [0.05, 0.1) is 12.2 Å². The van der Waals surface area contributed by atoms with Crippen LogP contribution < -0.4 is 16.0 Å². The molecule has 154 valence electrons. The second-order valence-electron chi connectivity index (χ2n) is 6.51. The van der Waals surface area contributed by atoms with Crippen molar-refractivity contribution in [2.24, 2.45) is 4.99 Å². The zero-order valence-corrected chi connectivity index (χ0v) is 19.2. The predicted molar refractivity (Wildman–Crippen MR) is 127 cm³/mol. The Labute approximate surface area is 188 Å². The maximum atomic E-state index is 11.7. The first-order valence-electron chi connectivity index (χ1n) is 9.30. The monoisotopic (exact) mass is 506 g/mol. The van der Waals surface area contributed by atoms with Gasteiger partial charge in [-0.25, -0.2) is 4.98 Å². The zero-order chi connectivity index (χ0) is 19.9. The van der Waals surface area contributed by atoms with Gasteiger partial charge in [0.1, 0.15) is 5.65 Å². The molecule has 0 unspecified atom stereocenters. The van der Waals surface area contributed by atoms with E-state index in [9.17, 15) is 4.79 Å². The third-order valence-corrected chi connectivity index (χ3v) is 4.53. The van der Waals surface area contributed by atoms with Gasteiger partial charge in [0.25, 0.3) is 5.91 Å². The van der Waals surface area contributed by atoms with Gasteiger partial charge in [-0.1, -0.05) is 18.2 Å². The molecule has 0 spiro atoms. The van der Waals surface area contributed by atoms with Crippen molar-refractivity contribution >= 4 is 41.5 Å². The molecule has 1 amide bonds. The molecule has 7 nitrogen and oxygen atoms in total. The van der Waals surface area contributed by atoms with Gasteiger partial charge in [-0.15, -0.1) is 24.0 Å². The normalized spacial score (nSPS) is 11.1. The van der Waals surface area contributed by atoms with Gasteiger partial charge in [0.2, 0.25) is 0 Å². The van der Waals surface area contributed by atoms with E-state index in [0.29, 0.717) is 18.7 Å². The van der Waals surface area contributed by atoms with Crippen molar-refractivity contribution in [1.29, 1.82) is 0 Å². The number of amides is 1. The number of aromatic nitrogens is 2. The van der Waals surface area contributed by atoms with E-state index >= 15 is 0 Å². The fraction of sp³-hybridized carbons (Fsp3) is 0.286. The highest BCUT2D eigenvalue weighted by atomic mass is 127. The number of carbonyl (C=O) groups excluding carboxylic acids is 1. The molecular weight excluding hydrogens is 479 g/mol. The summed E-state index contributed by atoms with van der Waals surface area (Å²) < 4.78 is 2.08. The molecule has 0 saturated carbocycles. The fourth-order valence-electron chi connectivity index (χ4n) is 3.02. The Bertz CT molecular complexity index is 998. The number of aliphatic imine (C=N–C) groups is 1. The lowest BCUT2D eigenvalue weighted by Crippen LogP contribution is -2.37. The molecule has 0 aliphatic rings.